The molecule has 76 valence electrons. The van der Waals surface area contributed by atoms with Gasteiger partial charge in [0.2, 0.25) is 0 Å². The summed E-state index contributed by atoms with van der Waals surface area (Å²) in [4.78, 5) is 18.7. The highest BCUT2D eigenvalue weighted by atomic mass is 35.5. The fourth-order valence-corrected chi connectivity index (χ4v) is 0.880. The van der Waals surface area contributed by atoms with Gasteiger partial charge in [-0.3, -0.25) is 4.98 Å². The number of esters is 1. The van der Waals surface area contributed by atoms with E-state index in [0.717, 1.165) is 0 Å². The smallest absolute Gasteiger partial charge is 0.358 e. The first-order valence-corrected chi connectivity index (χ1v) is 4.25. The minimum Gasteiger partial charge on any atom is -0.458 e. The van der Waals surface area contributed by atoms with Gasteiger partial charge >= 0.3 is 5.97 Å². The number of rotatable bonds is 4. The average molecular weight is 217 g/mol. The first-order valence-electron chi connectivity index (χ1n) is 3.87. The van der Waals surface area contributed by atoms with Crippen LogP contribution < -0.4 is 0 Å². The predicted octanol–water partition coefficient (Wildman–Crippen LogP) is 0.933. The van der Waals surface area contributed by atoms with Crippen molar-refractivity contribution in [1.82, 2.24) is 9.97 Å². The summed E-state index contributed by atoms with van der Waals surface area (Å²) in [5.41, 5.74) is 0.0913. The molecule has 0 atom stereocenters. The third-order valence-corrected chi connectivity index (χ3v) is 1.52. The van der Waals surface area contributed by atoms with E-state index in [0.29, 0.717) is 6.61 Å². The number of carbonyl (C=O) groups is 1. The second-order valence-electron chi connectivity index (χ2n) is 2.36. The van der Waals surface area contributed by atoms with E-state index in [9.17, 15) is 4.79 Å². The van der Waals surface area contributed by atoms with Crippen LogP contribution in [0.3, 0.4) is 0 Å². The number of methoxy groups -OCH3 is 1. The van der Waals surface area contributed by atoms with Crippen molar-refractivity contribution in [2.75, 3.05) is 20.3 Å². The van der Waals surface area contributed by atoms with Crippen molar-refractivity contribution in [3.05, 3.63) is 23.2 Å². The lowest BCUT2D eigenvalue weighted by Crippen LogP contribution is -2.11. The molecule has 0 aromatic carbocycles. The molecule has 0 unspecified atom stereocenters. The zero-order chi connectivity index (χ0) is 10.4. The summed E-state index contributed by atoms with van der Waals surface area (Å²) in [6, 6.07) is 0. The first-order chi connectivity index (χ1) is 6.74. The van der Waals surface area contributed by atoms with Crippen LogP contribution in [0.4, 0.5) is 0 Å². The zero-order valence-electron chi connectivity index (χ0n) is 7.57. The van der Waals surface area contributed by atoms with Gasteiger partial charge in [-0.1, -0.05) is 11.6 Å². The van der Waals surface area contributed by atoms with Gasteiger partial charge in [0, 0.05) is 7.11 Å². The summed E-state index contributed by atoms with van der Waals surface area (Å²) in [7, 11) is 1.52. The van der Waals surface area contributed by atoms with Gasteiger partial charge < -0.3 is 9.47 Å². The molecule has 5 nitrogen and oxygen atoms in total. The van der Waals surface area contributed by atoms with Crippen LogP contribution >= 0.6 is 11.6 Å². The van der Waals surface area contributed by atoms with Crippen LogP contribution in [-0.4, -0.2) is 36.3 Å². The third kappa shape index (κ3) is 3.27. The summed E-state index contributed by atoms with van der Waals surface area (Å²) >= 11 is 5.54. The Morgan fingerprint density at radius 2 is 2.29 bits per heavy atom. The summed E-state index contributed by atoms with van der Waals surface area (Å²) in [5, 5.41) is 0.159. The largest absolute Gasteiger partial charge is 0.458 e. The van der Waals surface area contributed by atoms with Gasteiger partial charge in [0.15, 0.2) is 5.69 Å². The van der Waals surface area contributed by atoms with Gasteiger partial charge in [0.1, 0.15) is 11.8 Å². The number of halogens is 1. The Bertz CT molecular complexity index is 319. The molecule has 1 heterocycles. The Morgan fingerprint density at radius 1 is 1.50 bits per heavy atom. The number of hydrogen-bond donors (Lipinski definition) is 0. The molecule has 0 spiro atoms. The fraction of sp³-hybridized carbons (Fsp3) is 0.375. The Hall–Kier alpha value is -1.20. The first kappa shape index (κ1) is 10.9. The van der Waals surface area contributed by atoms with Crippen molar-refractivity contribution >= 4 is 17.6 Å². The van der Waals surface area contributed by atoms with Crippen LogP contribution in [0.25, 0.3) is 0 Å². The van der Waals surface area contributed by atoms with Gasteiger partial charge in [-0.05, 0) is 0 Å². The lowest BCUT2D eigenvalue weighted by atomic mass is 10.4. The SMILES string of the molecule is COCCOC(=O)c1cncc(Cl)n1. The lowest BCUT2D eigenvalue weighted by molar-refractivity contribution is 0.0381. The van der Waals surface area contributed by atoms with E-state index in [1.54, 1.807) is 0 Å². The van der Waals surface area contributed by atoms with Gasteiger partial charge in [0.25, 0.3) is 0 Å². The Kier molecular flexibility index (Phi) is 4.28. The number of carbonyl (C=O) groups excluding carboxylic acids is 1. The normalized spacial score (nSPS) is 9.86. The highest BCUT2D eigenvalue weighted by Crippen LogP contribution is 2.03. The molecule has 0 amide bonds. The molecule has 0 aliphatic rings. The molecule has 1 aromatic rings. The maximum absolute atomic E-state index is 11.2. The van der Waals surface area contributed by atoms with Crippen molar-refractivity contribution in [1.29, 1.82) is 0 Å². The second kappa shape index (κ2) is 5.51. The lowest BCUT2D eigenvalue weighted by Gasteiger charge is -2.02. The minimum atomic E-state index is -0.558. The molecule has 0 radical (unpaired) electrons. The zero-order valence-corrected chi connectivity index (χ0v) is 8.32. The van der Waals surface area contributed by atoms with Crippen LogP contribution in [0.2, 0.25) is 5.15 Å². The molecule has 0 aliphatic heterocycles. The van der Waals surface area contributed by atoms with Crippen molar-refractivity contribution < 1.29 is 14.3 Å². The van der Waals surface area contributed by atoms with E-state index < -0.39 is 5.97 Å². The molecule has 14 heavy (non-hydrogen) atoms. The molecular weight excluding hydrogens is 208 g/mol. The van der Waals surface area contributed by atoms with Crippen LogP contribution in [0.5, 0.6) is 0 Å². The Balaban J connectivity index is 2.52. The molecule has 6 heteroatoms. The Labute approximate surface area is 86.0 Å². The summed E-state index contributed by atoms with van der Waals surface area (Å²) in [6.45, 7) is 0.531. The van der Waals surface area contributed by atoms with Crippen molar-refractivity contribution in [2.24, 2.45) is 0 Å². The predicted molar refractivity (Wildman–Crippen MR) is 49.2 cm³/mol. The molecular formula is C8H9ClN2O3. The second-order valence-corrected chi connectivity index (χ2v) is 2.74. The van der Waals surface area contributed by atoms with Crippen LogP contribution in [0.1, 0.15) is 10.5 Å². The molecule has 0 aliphatic carbocycles. The highest BCUT2D eigenvalue weighted by molar-refractivity contribution is 6.29. The maximum Gasteiger partial charge on any atom is 0.358 e. The van der Waals surface area contributed by atoms with Crippen LogP contribution in [0, 0.1) is 0 Å². The number of ether oxygens (including phenoxy) is 2. The van der Waals surface area contributed by atoms with E-state index >= 15 is 0 Å². The topological polar surface area (TPSA) is 61.3 Å². The Morgan fingerprint density at radius 3 is 2.93 bits per heavy atom. The van der Waals surface area contributed by atoms with E-state index in [4.69, 9.17) is 21.1 Å². The van der Waals surface area contributed by atoms with Crippen molar-refractivity contribution in [2.45, 2.75) is 0 Å². The van der Waals surface area contributed by atoms with E-state index in [2.05, 4.69) is 9.97 Å². The van der Waals surface area contributed by atoms with Gasteiger partial charge in [-0.15, -0.1) is 0 Å². The quantitative estimate of drug-likeness (QED) is 0.554. The molecule has 0 saturated heterocycles. The monoisotopic (exact) mass is 216 g/mol. The molecule has 1 rings (SSSR count). The maximum atomic E-state index is 11.2. The number of aromatic nitrogens is 2. The van der Waals surface area contributed by atoms with Gasteiger partial charge in [0.05, 0.1) is 19.0 Å². The summed E-state index contributed by atoms with van der Waals surface area (Å²) in [5.74, 6) is -0.558. The van der Waals surface area contributed by atoms with Gasteiger partial charge in [-0.25, -0.2) is 9.78 Å². The molecule has 0 saturated carbocycles. The molecule has 0 N–H and O–H groups in total. The number of hydrogen-bond acceptors (Lipinski definition) is 5. The summed E-state index contributed by atoms with van der Waals surface area (Å²) < 4.78 is 9.51. The van der Waals surface area contributed by atoms with Crippen molar-refractivity contribution in [3.8, 4) is 0 Å². The molecule has 1 aromatic heterocycles. The number of nitrogens with zero attached hydrogens (tertiary/aromatic N) is 2. The minimum absolute atomic E-state index is 0.0913. The summed E-state index contributed by atoms with van der Waals surface area (Å²) in [6.07, 6.45) is 2.63. The van der Waals surface area contributed by atoms with Crippen LogP contribution in [0.15, 0.2) is 12.4 Å². The van der Waals surface area contributed by atoms with Gasteiger partial charge in [-0.2, -0.15) is 0 Å². The van der Waals surface area contributed by atoms with Crippen molar-refractivity contribution in [3.63, 3.8) is 0 Å². The van der Waals surface area contributed by atoms with E-state index in [1.165, 1.54) is 19.5 Å². The molecule has 0 fully saturated rings. The molecule has 0 bridgehead atoms. The van der Waals surface area contributed by atoms with Crippen LogP contribution in [-0.2, 0) is 9.47 Å². The van der Waals surface area contributed by atoms with E-state index in [1.807, 2.05) is 0 Å². The van der Waals surface area contributed by atoms with E-state index in [-0.39, 0.29) is 17.5 Å². The average Bonchev–Trinajstić information content (AvgIpc) is 2.18. The standard InChI is InChI=1S/C8H9ClN2O3/c1-13-2-3-14-8(12)6-4-10-5-7(9)11-6/h4-5H,2-3H2,1H3. The highest BCUT2D eigenvalue weighted by Gasteiger charge is 2.09. The fourth-order valence-electron chi connectivity index (χ4n) is 0.732. The third-order valence-electron chi connectivity index (χ3n) is 1.33.